The minimum atomic E-state index is -1.17. The molecule has 0 atom stereocenters. The van der Waals surface area contributed by atoms with Crippen molar-refractivity contribution in [2.45, 2.75) is 0 Å². The molecular weight excluding hydrogens is 298 g/mol. The molecule has 1 aromatic carbocycles. The van der Waals surface area contributed by atoms with Gasteiger partial charge in [0.2, 0.25) is 0 Å². The van der Waals surface area contributed by atoms with Gasteiger partial charge in [-0.3, -0.25) is 9.59 Å². The Balaban J connectivity index is 2.01. The summed E-state index contributed by atoms with van der Waals surface area (Å²) in [5, 5.41) is 21.5. The van der Waals surface area contributed by atoms with E-state index >= 15 is 0 Å². The van der Waals surface area contributed by atoms with Crippen molar-refractivity contribution in [2.24, 2.45) is 0 Å². The Morgan fingerprint density at radius 1 is 1.17 bits per heavy atom. The number of carboxylic acids is 1. The highest BCUT2D eigenvalue weighted by atomic mass is 16.4. The zero-order chi connectivity index (χ0) is 16.4. The van der Waals surface area contributed by atoms with Crippen LogP contribution in [0.4, 0.5) is 0 Å². The van der Waals surface area contributed by atoms with Gasteiger partial charge >= 0.3 is 5.97 Å². The maximum atomic E-state index is 11.9. The molecule has 0 aliphatic rings. The molecule has 0 bridgehead atoms. The minimum Gasteiger partial charge on any atom is -0.505 e. The number of aromatic hydroxyl groups is 1. The molecule has 0 radical (unpaired) electrons. The first-order chi connectivity index (χ1) is 11.1. The molecule has 0 saturated carbocycles. The molecule has 0 unspecified atom stereocenters. The second kappa shape index (κ2) is 5.80. The summed E-state index contributed by atoms with van der Waals surface area (Å²) in [6.07, 6.45) is 3.23. The van der Waals surface area contributed by atoms with Crippen LogP contribution in [-0.4, -0.2) is 38.2 Å². The maximum Gasteiger partial charge on any atom is 0.322 e. The summed E-state index contributed by atoms with van der Waals surface area (Å²) in [7, 11) is 0. The van der Waals surface area contributed by atoms with Gasteiger partial charge in [0.25, 0.3) is 5.91 Å². The van der Waals surface area contributed by atoms with E-state index in [1.54, 1.807) is 12.3 Å². The molecule has 0 fully saturated rings. The SMILES string of the molecule is O=C(O)CNC(=O)c1ncc2c(ccn2-c2ccccc2)c1O. The van der Waals surface area contributed by atoms with E-state index in [4.69, 9.17) is 5.11 Å². The first-order valence-electron chi connectivity index (χ1n) is 6.82. The third-order valence-corrected chi connectivity index (χ3v) is 3.37. The van der Waals surface area contributed by atoms with Crippen molar-refractivity contribution in [1.82, 2.24) is 14.9 Å². The van der Waals surface area contributed by atoms with Crippen LogP contribution in [0.1, 0.15) is 10.5 Å². The van der Waals surface area contributed by atoms with Gasteiger partial charge in [-0.25, -0.2) is 4.98 Å². The molecule has 0 aliphatic carbocycles. The van der Waals surface area contributed by atoms with Gasteiger partial charge in [0.15, 0.2) is 11.4 Å². The van der Waals surface area contributed by atoms with Gasteiger partial charge in [0, 0.05) is 17.3 Å². The first kappa shape index (κ1) is 14.6. The number of fused-ring (bicyclic) bond motifs is 1. The number of nitrogens with zero attached hydrogens (tertiary/aromatic N) is 2. The number of carbonyl (C=O) groups is 2. The normalized spacial score (nSPS) is 10.6. The third kappa shape index (κ3) is 2.71. The van der Waals surface area contributed by atoms with Crippen LogP contribution in [0.25, 0.3) is 16.6 Å². The van der Waals surface area contributed by atoms with Gasteiger partial charge in [-0.2, -0.15) is 0 Å². The average molecular weight is 311 g/mol. The number of carboxylic acid groups (broad SMARTS) is 1. The molecule has 7 heteroatoms. The van der Waals surface area contributed by atoms with E-state index in [2.05, 4.69) is 10.3 Å². The molecule has 7 nitrogen and oxygen atoms in total. The van der Waals surface area contributed by atoms with E-state index in [0.29, 0.717) is 10.9 Å². The highest BCUT2D eigenvalue weighted by Crippen LogP contribution is 2.29. The van der Waals surface area contributed by atoms with E-state index in [1.807, 2.05) is 34.9 Å². The van der Waals surface area contributed by atoms with E-state index < -0.39 is 18.4 Å². The van der Waals surface area contributed by atoms with Crippen LogP contribution in [0.2, 0.25) is 0 Å². The Morgan fingerprint density at radius 2 is 1.91 bits per heavy atom. The third-order valence-electron chi connectivity index (χ3n) is 3.37. The Labute approximate surface area is 130 Å². The molecule has 3 N–H and O–H groups in total. The van der Waals surface area contributed by atoms with Crippen LogP contribution >= 0.6 is 0 Å². The molecule has 0 spiro atoms. The zero-order valence-corrected chi connectivity index (χ0v) is 11.9. The van der Waals surface area contributed by atoms with Crippen LogP contribution in [0.15, 0.2) is 48.8 Å². The summed E-state index contributed by atoms with van der Waals surface area (Å²) in [6.45, 7) is -0.539. The van der Waals surface area contributed by atoms with Crippen molar-refractivity contribution in [1.29, 1.82) is 0 Å². The van der Waals surface area contributed by atoms with Gasteiger partial charge in [-0.05, 0) is 18.2 Å². The number of benzene rings is 1. The number of amides is 1. The number of nitrogens with one attached hydrogen (secondary N) is 1. The molecule has 0 aliphatic heterocycles. The molecule has 0 saturated heterocycles. The standard InChI is InChI=1S/C16H13N3O4/c20-13(21)9-18-16(23)14-15(22)11-6-7-19(12(11)8-17-14)10-4-2-1-3-5-10/h1-8,22H,9H2,(H,18,23)(H,20,21). The topological polar surface area (TPSA) is 104 Å². The zero-order valence-electron chi connectivity index (χ0n) is 11.9. The number of pyridine rings is 1. The Bertz CT molecular complexity index is 887. The summed E-state index contributed by atoms with van der Waals surface area (Å²) < 4.78 is 1.83. The molecule has 2 aromatic heterocycles. The summed E-state index contributed by atoms with van der Waals surface area (Å²) in [6, 6.07) is 11.2. The van der Waals surface area contributed by atoms with E-state index in [1.165, 1.54) is 6.20 Å². The fraction of sp³-hybridized carbons (Fsp3) is 0.0625. The van der Waals surface area contributed by atoms with E-state index in [9.17, 15) is 14.7 Å². The quantitative estimate of drug-likeness (QED) is 0.678. The lowest BCUT2D eigenvalue weighted by molar-refractivity contribution is -0.135. The number of hydrogen-bond donors (Lipinski definition) is 3. The second-order valence-electron chi connectivity index (χ2n) is 4.85. The summed E-state index contributed by atoms with van der Waals surface area (Å²) in [5.74, 6) is -2.19. The van der Waals surface area contributed by atoms with Crippen LogP contribution in [0.5, 0.6) is 5.75 Å². The number of aliphatic carboxylic acids is 1. The van der Waals surface area contributed by atoms with Crippen LogP contribution in [-0.2, 0) is 4.79 Å². The van der Waals surface area contributed by atoms with Crippen molar-refractivity contribution in [3.63, 3.8) is 0 Å². The lowest BCUT2D eigenvalue weighted by Gasteiger charge is -2.07. The second-order valence-corrected chi connectivity index (χ2v) is 4.85. The van der Waals surface area contributed by atoms with Crippen LogP contribution in [0, 0.1) is 0 Å². The number of para-hydroxylation sites is 1. The van der Waals surface area contributed by atoms with Gasteiger partial charge in [-0.1, -0.05) is 18.2 Å². The number of rotatable bonds is 4. The Kier molecular flexibility index (Phi) is 3.68. The number of hydrogen-bond acceptors (Lipinski definition) is 4. The Hall–Kier alpha value is -3.35. The fourth-order valence-corrected chi connectivity index (χ4v) is 2.31. The molecule has 2 heterocycles. The van der Waals surface area contributed by atoms with Gasteiger partial charge in [-0.15, -0.1) is 0 Å². The predicted octanol–water partition coefficient (Wildman–Crippen LogP) is 1.55. The molecule has 116 valence electrons. The highest BCUT2D eigenvalue weighted by Gasteiger charge is 2.18. The van der Waals surface area contributed by atoms with Crippen molar-refractivity contribution in [3.05, 3.63) is 54.5 Å². The fourth-order valence-electron chi connectivity index (χ4n) is 2.31. The Morgan fingerprint density at radius 3 is 2.61 bits per heavy atom. The van der Waals surface area contributed by atoms with Crippen LogP contribution < -0.4 is 5.32 Å². The van der Waals surface area contributed by atoms with E-state index in [0.717, 1.165) is 5.69 Å². The molecule has 3 rings (SSSR count). The summed E-state index contributed by atoms with van der Waals surface area (Å²) >= 11 is 0. The molecule has 1 amide bonds. The minimum absolute atomic E-state index is 0.204. The highest BCUT2D eigenvalue weighted by molar-refractivity contribution is 6.02. The largest absolute Gasteiger partial charge is 0.505 e. The smallest absolute Gasteiger partial charge is 0.322 e. The first-order valence-corrected chi connectivity index (χ1v) is 6.82. The number of aromatic nitrogens is 2. The van der Waals surface area contributed by atoms with E-state index in [-0.39, 0.29) is 11.4 Å². The average Bonchev–Trinajstić information content (AvgIpc) is 2.98. The monoisotopic (exact) mass is 311 g/mol. The molecular formula is C16H13N3O4. The maximum absolute atomic E-state index is 11.9. The lowest BCUT2D eigenvalue weighted by atomic mass is 10.2. The molecule has 3 aromatic rings. The van der Waals surface area contributed by atoms with Crippen molar-refractivity contribution in [3.8, 4) is 11.4 Å². The van der Waals surface area contributed by atoms with Crippen molar-refractivity contribution < 1.29 is 19.8 Å². The number of carbonyl (C=O) groups excluding carboxylic acids is 1. The predicted molar refractivity (Wildman–Crippen MR) is 82.7 cm³/mol. The summed E-state index contributed by atoms with van der Waals surface area (Å²) in [4.78, 5) is 26.3. The van der Waals surface area contributed by atoms with Gasteiger partial charge < -0.3 is 20.1 Å². The van der Waals surface area contributed by atoms with Gasteiger partial charge in [0.1, 0.15) is 6.54 Å². The molecule has 23 heavy (non-hydrogen) atoms. The van der Waals surface area contributed by atoms with Crippen LogP contribution in [0.3, 0.4) is 0 Å². The van der Waals surface area contributed by atoms with Crippen molar-refractivity contribution >= 4 is 22.8 Å². The van der Waals surface area contributed by atoms with Gasteiger partial charge in [0.05, 0.1) is 11.7 Å². The lowest BCUT2D eigenvalue weighted by Crippen LogP contribution is -2.29. The summed E-state index contributed by atoms with van der Waals surface area (Å²) in [5.41, 5.74) is 1.33. The van der Waals surface area contributed by atoms with Crippen molar-refractivity contribution in [2.75, 3.05) is 6.54 Å².